The van der Waals surface area contributed by atoms with Gasteiger partial charge in [-0.3, -0.25) is 14.6 Å². The van der Waals surface area contributed by atoms with E-state index in [0.717, 1.165) is 67.6 Å². The van der Waals surface area contributed by atoms with Crippen molar-refractivity contribution in [1.29, 1.82) is 0 Å². The fourth-order valence-electron chi connectivity index (χ4n) is 8.10. The summed E-state index contributed by atoms with van der Waals surface area (Å²) in [6, 6.07) is 40.1. The molecule has 1 amide bonds. The van der Waals surface area contributed by atoms with Crippen LogP contribution in [-0.2, 0) is 59.4 Å². The number of aryl methyl sites for hydroxylation is 1. The molecule has 2 heterocycles. The van der Waals surface area contributed by atoms with Gasteiger partial charge in [0.05, 0.1) is 18.5 Å². The first-order chi connectivity index (χ1) is 27.4. The second-order valence-electron chi connectivity index (χ2n) is 15.0. The van der Waals surface area contributed by atoms with E-state index in [0.29, 0.717) is 5.92 Å². The molecule has 0 saturated heterocycles. The predicted octanol–water partition coefficient (Wildman–Crippen LogP) is 8.35. The van der Waals surface area contributed by atoms with E-state index < -0.39 is 0 Å². The van der Waals surface area contributed by atoms with E-state index in [1.165, 1.54) is 64.1 Å². The van der Waals surface area contributed by atoms with Crippen molar-refractivity contribution in [2.45, 2.75) is 51.9 Å². The van der Waals surface area contributed by atoms with Gasteiger partial charge in [-0.1, -0.05) is 79.7 Å². The Morgan fingerprint density at radius 3 is 1.84 bits per heavy atom. The summed E-state index contributed by atoms with van der Waals surface area (Å²) in [6.07, 6.45) is 11.6. The zero-order chi connectivity index (χ0) is 38.9. The summed E-state index contributed by atoms with van der Waals surface area (Å²) in [7, 11) is 3.17. The highest BCUT2D eigenvalue weighted by molar-refractivity contribution is 5.79. The van der Waals surface area contributed by atoms with Gasteiger partial charge in [0, 0.05) is 54.8 Å². The number of carbonyl (C=O) groups is 2. The molecule has 6 aromatic rings. The second-order valence-corrected chi connectivity index (χ2v) is 15.0. The molecule has 8 heteroatoms. The third-order valence-electron chi connectivity index (χ3n) is 11.2. The van der Waals surface area contributed by atoms with Gasteiger partial charge in [-0.15, -0.1) is 0 Å². The van der Waals surface area contributed by atoms with Crippen LogP contribution < -0.4 is 5.32 Å². The number of nitrogens with one attached hydrogen (secondary N) is 1. The zero-order valence-electron chi connectivity index (χ0n) is 32.6. The van der Waals surface area contributed by atoms with Gasteiger partial charge in [-0.2, -0.15) is 5.10 Å². The van der Waals surface area contributed by atoms with Gasteiger partial charge < -0.3 is 10.1 Å². The molecule has 4 aromatic carbocycles. The number of hydroxylamine groups is 2. The van der Waals surface area contributed by atoms with Gasteiger partial charge in [0.2, 0.25) is 5.91 Å². The van der Waals surface area contributed by atoms with Crippen molar-refractivity contribution in [1.82, 2.24) is 19.8 Å². The number of amides is 1. The van der Waals surface area contributed by atoms with Crippen LogP contribution in [0.1, 0.15) is 46.0 Å². The van der Waals surface area contributed by atoms with Gasteiger partial charge in [-0.05, 0) is 127 Å². The Bertz CT molecular complexity index is 2160. The molecule has 0 bridgehead atoms. The van der Waals surface area contributed by atoms with Crippen LogP contribution in [0.5, 0.6) is 0 Å². The molecule has 0 spiro atoms. The maximum atomic E-state index is 11.8. The molecular formula is C48H51N5O3. The molecule has 9 rings (SSSR count). The Morgan fingerprint density at radius 2 is 1.34 bits per heavy atom. The largest absolute Gasteiger partial charge is 0.385 e. The van der Waals surface area contributed by atoms with Crippen molar-refractivity contribution in [3.8, 4) is 16.9 Å². The molecule has 0 fully saturated rings. The van der Waals surface area contributed by atoms with Crippen LogP contribution in [0.4, 0.5) is 5.69 Å². The average Bonchev–Trinajstić information content (AvgIpc) is 4.07. The smallest absolute Gasteiger partial charge is 0.249 e. The molecule has 3 aliphatic carbocycles. The summed E-state index contributed by atoms with van der Waals surface area (Å²) in [5.74, 6) is 1.02. The Balaban J connectivity index is 0.000000152. The van der Waals surface area contributed by atoms with E-state index in [2.05, 4.69) is 96.1 Å². The van der Waals surface area contributed by atoms with E-state index in [1.54, 1.807) is 13.2 Å². The maximum absolute atomic E-state index is 11.8. The van der Waals surface area contributed by atoms with E-state index in [1.807, 2.05) is 47.3 Å². The molecular weight excluding hydrogens is 695 g/mol. The number of fused-ring (bicyclic) bond motifs is 3. The van der Waals surface area contributed by atoms with Gasteiger partial charge in [-0.25, -0.2) is 9.75 Å². The molecule has 0 unspecified atom stereocenters. The number of rotatable bonds is 9. The van der Waals surface area contributed by atoms with Gasteiger partial charge in [0.25, 0.3) is 0 Å². The first-order valence-electron chi connectivity index (χ1n) is 19.7. The van der Waals surface area contributed by atoms with Crippen LogP contribution in [0.2, 0.25) is 0 Å². The highest BCUT2D eigenvalue weighted by Gasteiger charge is 2.29. The Hall–Kier alpha value is -5.86. The number of anilines is 1. The molecule has 0 aliphatic heterocycles. The maximum Gasteiger partial charge on any atom is 0.249 e. The van der Waals surface area contributed by atoms with Crippen LogP contribution in [0.3, 0.4) is 0 Å². The third kappa shape index (κ3) is 9.15. The molecule has 56 heavy (non-hydrogen) atoms. The standard InChI is InChI=1S/C26H26N4.C12H15NO2.C10H10O/c1-2-24-16-26(22-8-5-13-27-18-22)29-30(24)25-11-9-23(10-12-25)28-17-19-14-20-6-3-4-7-21(20)15-19;1-13(15-2)12(14)11-7-9-5-3-4-6-10(9)8-11;11-7-8-5-9-3-1-2-4-10(9)6-8/h3-13,16,18-19,28H,2,14-15,17H2,1H3;3-6,11H,7-8H2,1-2H3;1-4,7-8H,5-6H2. The molecule has 8 nitrogen and oxygen atoms in total. The lowest BCUT2D eigenvalue weighted by Gasteiger charge is -2.17. The highest BCUT2D eigenvalue weighted by atomic mass is 16.7. The van der Waals surface area contributed by atoms with E-state index in [9.17, 15) is 9.59 Å². The minimum absolute atomic E-state index is 0.0485. The molecule has 286 valence electrons. The Kier molecular flexibility index (Phi) is 12.5. The van der Waals surface area contributed by atoms with Crippen LogP contribution in [0.15, 0.2) is 128 Å². The van der Waals surface area contributed by atoms with Crippen molar-refractivity contribution < 1.29 is 14.4 Å². The number of aldehydes is 1. The summed E-state index contributed by atoms with van der Waals surface area (Å²) in [5, 5.41) is 9.78. The summed E-state index contributed by atoms with van der Waals surface area (Å²) in [4.78, 5) is 31.4. The lowest BCUT2D eigenvalue weighted by molar-refractivity contribution is -0.173. The van der Waals surface area contributed by atoms with Crippen molar-refractivity contribution in [3.05, 3.63) is 167 Å². The average molecular weight is 746 g/mol. The van der Waals surface area contributed by atoms with Crippen molar-refractivity contribution >= 4 is 17.9 Å². The topological polar surface area (TPSA) is 89.3 Å². The highest BCUT2D eigenvalue weighted by Crippen LogP contribution is 2.29. The zero-order valence-corrected chi connectivity index (χ0v) is 32.6. The lowest BCUT2D eigenvalue weighted by Crippen LogP contribution is -2.32. The van der Waals surface area contributed by atoms with Gasteiger partial charge in [0.1, 0.15) is 6.29 Å². The van der Waals surface area contributed by atoms with Crippen LogP contribution in [-0.4, -0.2) is 52.7 Å². The number of hydrogen-bond acceptors (Lipinski definition) is 6. The van der Waals surface area contributed by atoms with Crippen molar-refractivity contribution in [3.63, 3.8) is 0 Å². The molecule has 0 saturated carbocycles. The molecule has 0 atom stereocenters. The number of carbonyl (C=O) groups excluding carboxylic acids is 2. The summed E-state index contributed by atoms with van der Waals surface area (Å²) in [6.45, 7) is 3.16. The second kappa shape index (κ2) is 18.2. The molecule has 2 aromatic heterocycles. The first kappa shape index (κ1) is 38.4. The minimum atomic E-state index is 0.0485. The number of benzene rings is 4. The lowest BCUT2D eigenvalue weighted by atomic mass is 10.1. The molecule has 1 N–H and O–H groups in total. The van der Waals surface area contributed by atoms with Crippen LogP contribution in [0, 0.1) is 17.8 Å². The van der Waals surface area contributed by atoms with Gasteiger partial charge in [0.15, 0.2) is 0 Å². The number of aromatic nitrogens is 3. The predicted molar refractivity (Wildman–Crippen MR) is 223 cm³/mol. The van der Waals surface area contributed by atoms with Crippen LogP contribution in [0.25, 0.3) is 16.9 Å². The van der Waals surface area contributed by atoms with E-state index in [4.69, 9.17) is 9.94 Å². The fourth-order valence-corrected chi connectivity index (χ4v) is 8.10. The monoisotopic (exact) mass is 745 g/mol. The van der Waals surface area contributed by atoms with Crippen LogP contribution >= 0.6 is 0 Å². The first-order valence-corrected chi connectivity index (χ1v) is 19.7. The van der Waals surface area contributed by atoms with Crippen molar-refractivity contribution in [2.75, 3.05) is 26.0 Å². The molecule has 3 aliphatic rings. The van der Waals surface area contributed by atoms with E-state index in [-0.39, 0.29) is 17.7 Å². The number of hydrogen-bond donors (Lipinski definition) is 1. The number of pyridine rings is 1. The minimum Gasteiger partial charge on any atom is -0.385 e. The Labute approximate surface area is 330 Å². The quantitative estimate of drug-likeness (QED) is 0.118. The summed E-state index contributed by atoms with van der Waals surface area (Å²) < 4.78 is 2.04. The van der Waals surface area contributed by atoms with E-state index >= 15 is 0 Å². The van der Waals surface area contributed by atoms with Gasteiger partial charge >= 0.3 is 0 Å². The Morgan fingerprint density at radius 1 is 0.786 bits per heavy atom. The SMILES string of the molecule is CCc1cc(-c2cccnc2)nn1-c1ccc(NCC2Cc3ccccc3C2)cc1.CON(C)C(=O)C1Cc2ccccc2C1.O=CC1Cc2ccccc2C1. The normalized spacial score (nSPS) is 14.4. The van der Waals surface area contributed by atoms with Crippen molar-refractivity contribution in [2.24, 2.45) is 17.8 Å². The third-order valence-corrected chi connectivity index (χ3v) is 11.2. The fraction of sp³-hybridized carbons (Fsp3) is 0.292. The summed E-state index contributed by atoms with van der Waals surface area (Å²) in [5.41, 5.74) is 13.7. The molecule has 0 radical (unpaired) electrons. The summed E-state index contributed by atoms with van der Waals surface area (Å²) >= 11 is 0. The number of nitrogens with zero attached hydrogens (tertiary/aromatic N) is 4.